The molecule has 2 saturated heterocycles. The Balaban J connectivity index is 1.84. The van der Waals surface area contributed by atoms with E-state index in [1.807, 2.05) is 4.90 Å². The molecule has 0 N–H and O–H groups in total. The summed E-state index contributed by atoms with van der Waals surface area (Å²) in [5.74, 6) is 0.473. The number of ether oxygens (including phenoxy) is 1. The maximum absolute atomic E-state index is 12.1. The van der Waals surface area contributed by atoms with Gasteiger partial charge in [-0.25, -0.2) is 4.42 Å². The first-order valence-corrected chi connectivity index (χ1v) is 5.88. The summed E-state index contributed by atoms with van der Waals surface area (Å²) >= 11 is 5.86. The number of hydrogen-bond donors (Lipinski definition) is 0. The fourth-order valence-corrected chi connectivity index (χ4v) is 2.33. The smallest absolute Gasteiger partial charge is 0.225 e. The molecule has 0 bridgehead atoms. The predicted molar refractivity (Wildman–Crippen MR) is 57.5 cm³/mol. The van der Waals surface area contributed by atoms with Gasteiger partial charge in [-0.1, -0.05) is 0 Å². The Hall–Kier alpha value is -0.320. The number of carbonyl (C=O) groups is 1. The zero-order valence-electron chi connectivity index (χ0n) is 8.82. The second kappa shape index (κ2) is 5.14. The van der Waals surface area contributed by atoms with Crippen LogP contribution in [-0.4, -0.2) is 54.6 Å². The van der Waals surface area contributed by atoms with Crippen LogP contribution in [0.15, 0.2) is 0 Å². The van der Waals surface area contributed by atoms with Crippen LogP contribution in [0.25, 0.3) is 0 Å². The first kappa shape index (κ1) is 11.2. The van der Waals surface area contributed by atoms with Crippen molar-refractivity contribution in [3.63, 3.8) is 0 Å². The van der Waals surface area contributed by atoms with E-state index in [-0.39, 0.29) is 5.92 Å². The van der Waals surface area contributed by atoms with Crippen LogP contribution in [0.1, 0.15) is 12.8 Å². The van der Waals surface area contributed by atoms with Crippen LogP contribution in [0.2, 0.25) is 0 Å². The van der Waals surface area contributed by atoms with Crippen LogP contribution in [-0.2, 0) is 9.53 Å². The van der Waals surface area contributed by atoms with E-state index in [2.05, 4.69) is 0 Å². The zero-order chi connectivity index (χ0) is 10.7. The highest BCUT2D eigenvalue weighted by atomic mass is 35.5. The van der Waals surface area contributed by atoms with Crippen LogP contribution in [0.4, 0.5) is 0 Å². The minimum absolute atomic E-state index is 0.179. The van der Waals surface area contributed by atoms with E-state index < -0.39 is 0 Å². The minimum atomic E-state index is 0.179. The summed E-state index contributed by atoms with van der Waals surface area (Å²) in [6, 6.07) is 0. The van der Waals surface area contributed by atoms with Crippen molar-refractivity contribution in [2.45, 2.75) is 12.8 Å². The highest BCUT2D eigenvalue weighted by Crippen LogP contribution is 2.21. The highest BCUT2D eigenvalue weighted by Gasteiger charge is 2.28. The number of rotatable bonds is 1. The van der Waals surface area contributed by atoms with Gasteiger partial charge in [0, 0.05) is 32.1 Å². The molecule has 2 fully saturated rings. The van der Waals surface area contributed by atoms with Gasteiger partial charge in [0.15, 0.2) is 0 Å². The van der Waals surface area contributed by atoms with Crippen molar-refractivity contribution >= 4 is 17.7 Å². The molecule has 0 unspecified atom stereocenters. The van der Waals surface area contributed by atoms with Gasteiger partial charge in [0.25, 0.3) is 0 Å². The summed E-state index contributed by atoms with van der Waals surface area (Å²) in [5.41, 5.74) is 0. The molecule has 0 aromatic carbocycles. The lowest BCUT2D eigenvalue weighted by Gasteiger charge is -2.33. The number of nitrogens with zero attached hydrogens (tertiary/aromatic N) is 2. The minimum Gasteiger partial charge on any atom is -0.378 e. The van der Waals surface area contributed by atoms with Crippen LogP contribution in [0.5, 0.6) is 0 Å². The monoisotopic (exact) mass is 232 g/mol. The van der Waals surface area contributed by atoms with Crippen molar-refractivity contribution in [2.75, 3.05) is 39.4 Å². The van der Waals surface area contributed by atoms with Crippen molar-refractivity contribution in [2.24, 2.45) is 5.92 Å². The molecule has 2 heterocycles. The summed E-state index contributed by atoms with van der Waals surface area (Å²) in [4.78, 5) is 14.0. The normalized spacial score (nSPS) is 25.5. The predicted octanol–water partition coefficient (Wildman–Crippen LogP) is 0.711. The third kappa shape index (κ3) is 2.83. The van der Waals surface area contributed by atoms with Crippen molar-refractivity contribution in [1.82, 2.24) is 9.32 Å². The van der Waals surface area contributed by atoms with Gasteiger partial charge >= 0.3 is 0 Å². The van der Waals surface area contributed by atoms with E-state index in [4.69, 9.17) is 16.5 Å². The van der Waals surface area contributed by atoms with E-state index >= 15 is 0 Å². The molecular weight excluding hydrogens is 216 g/mol. The van der Waals surface area contributed by atoms with Gasteiger partial charge in [-0.15, -0.1) is 0 Å². The van der Waals surface area contributed by atoms with Gasteiger partial charge in [0.2, 0.25) is 5.91 Å². The fraction of sp³-hybridized carbons (Fsp3) is 0.900. The molecule has 15 heavy (non-hydrogen) atoms. The molecule has 0 saturated carbocycles. The lowest BCUT2D eigenvalue weighted by Crippen LogP contribution is -2.45. The molecule has 0 atom stereocenters. The van der Waals surface area contributed by atoms with Crippen LogP contribution < -0.4 is 0 Å². The SMILES string of the molecule is O=C(C1CCN(Cl)CC1)N1CCOCC1. The maximum atomic E-state index is 12.1. The molecule has 2 aliphatic rings. The third-order valence-corrected chi connectivity index (χ3v) is 3.45. The van der Waals surface area contributed by atoms with E-state index in [0.29, 0.717) is 19.1 Å². The largest absolute Gasteiger partial charge is 0.378 e. The van der Waals surface area contributed by atoms with Crippen molar-refractivity contribution in [3.05, 3.63) is 0 Å². The second-order valence-electron chi connectivity index (χ2n) is 4.12. The van der Waals surface area contributed by atoms with Gasteiger partial charge in [0.1, 0.15) is 0 Å². The van der Waals surface area contributed by atoms with Crippen LogP contribution in [0.3, 0.4) is 0 Å². The number of carbonyl (C=O) groups excluding carboxylic acids is 1. The molecule has 86 valence electrons. The van der Waals surface area contributed by atoms with Crippen molar-refractivity contribution in [3.8, 4) is 0 Å². The maximum Gasteiger partial charge on any atom is 0.225 e. The van der Waals surface area contributed by atoms with Gasteiger partial charge in [0.05, 0.1) is 13.2 Å². The summed E-state index contributed by atoms with van der Waals surface area (Å²) in [5, 5.41) is 0. The zero-order valence-corrected chi connectivity index (χ0v) is 9.58. The molecule has 2 aliphatic heterocycles. The lowest BCUT2D eigenvalue weighted by atomic mass is 9.96. The molecule has 2 rings (SSSR count). The summed E-state index contributed by atoms with van der Waals surface area (Å²) in [6.07, 6.45) is 1.78. The van der Waals surface area contributed by atoms with Gasteiger partial charge in [-0.05, 0) is 24.6 Å². The fourth-order valence-electron chi connectivity index (χ4n) is 2.14. The Labute approximate surface area is 95.2 Å². The quantitative estimate of drug-likeness (QED) is 0.625. The molecule has 0 spiro atoms. The average molecular weight is 233 g/mol. The topological polar surface area (TPSA) is 32.8 Å². The number of halogens is 1. The molecular formula is C10H17ClN2O2. The Morgan fingerprint density at radius 3 is 2.33 bits per heavy atom. The Bertz CT molecular complexity index is 223. The number of morpholine rings is 1. The third-order valence-electron chi connectivity index (χ3n) is 3.11. The average Bonchev–Trinajstić information content (AvgIpc) is 2.30. The molecule has 0 radical (unpaired) electrons. The van der Waals surface area contributed by atoms with Crippen LogP contribution in [0, 0.1) is 5.92 Å². The van der Waals surface area contributed by atoms with E-state index in [1.54, 1.807) is 4.42 Å². The molecule has 1 amide bonds. The van der Waals surface area contributed by atoms with Gasteiger partial charge < -0.3 is 9.64 Å². The molecule has 0 aliphatic carbocycles. The molecule has 0 aromatic heterocycles. The van der Waals surface area contributed by atoms with Crippen LogP contribution >= 0.6 is 11.8 Å². The Morgan fingerprint density at radius 1 is 1.13 bits per heavy atom. The Kier molecular flexibility index (Phi) is 3.83. The van der Waals surface area contributed by atoms with Crippen molar-refractivity contribution < 1.29 is 9.53 Å². The molecule has 0 aromatic rings. The number of amides is 1. The number of piperidine rings is 1. The van der Waals surface area contributed by atoms with Gasteiger partial charge in [-0.3, -0.25) is 4.79 Å². The van der Waals surface area contributed by atoms with E-state index in [0.717, 1.165) is 39.0 Å². The first-order chi connectivity index (χ1) is 7.27. The lowest BCUT2D eigenvalue weighted by molar-refractivity contribution is -0.140. The molecule has 5 heteroatoms. The molecule has 4 nitrogen and oxygen atoms in total. The Morgan fingerprint density at radius 2 is 1.73 bits per heavy atom. The highest BCUT2D eigenvalue weighted by molar-refractivity contribution is 6.13. The summed E-state index contributed by atoms with van der Waals surface area (Å²) in [7, 11) is 0. The summed E-state index contributed by atoms with van der Waals surface area (Å²) < 4.78 is 7.00. The van der Waals surface area contributed by atoms with E-state index in [9.17, 15) is 4.79 Å². The van der Waals surface area contributed by atoms with Gasteiger partial charge in [-0.2, -0.15) is 0 Å². The standard InChI is InChI=1S/C10H17ClN2O2/c11-13-3-1-9(2-4-13)10(14)12-5-7-15-8-6-12/h9H,1-8H2. The summed E-state index contributed by atoms with van der Waals surface area (Å²) in [6.45, 7) is 4.50. The van der Waals surface area contributed by atoms with E-state index in [1.165, 1.54) is 0 Å². The second-order valence-corrected chi connectivity index (χ2v) is 4.60. The number of hydrogen-bond acceptors (Lipinski definition) is 3. The first-order valence-electron chi connectivity index (χ1n) is 5.54. The van der Waals surface area contributed by atoms with Crippen molar-refractivity contribution in [1.29, 1.82) is 0 Å².